The number of aromatic nitrogens is 1. The summed E-state index contributed by atoms with van der Waals surface area (Å²) in [4.78, 5) is 4.19. The quantitative estimate of drug-likeness (QED) is 0.546. The van der Waals surface area contributed by atoms with Gasteiger partial charge in [-0.25, -0.2) is 4.98 Å². The number of benzene rings is 1. The Morgan fingerprint density at radius 1 is 1.14 bits per heavy atom. The van der Waals surface area contributed by atoms with Crippen molar-refractivity contribution in [3.8, 4) is 0 Å². The maximum absolute atomic E-state index is 5.73. The Bertz CT molecular complexity index is 613. The number of rotatable bonds is 0. The molecule has 0 saturated carbocycles. The number of nitrogen functional groups attached to an aromatic ring is 1. The van der Waals surface area contributed by atoms with E-state index in [0.29, 0.717) is 5.71 Å². The molecule has 0 amide bonds. The zero-order chi connectivity index (χ0) is 9.54. The minimum absolute atomic E-state index is 0.656. The highest BCUT2D eigenvalue weighted by Crippen LogP contribution is 2.25. The normalized spacial score (nSPS) is 11.1. The second-order valence-electron chi connectivity index (χ2n) is 3.24. The maximum atomic E-state index is 5.73. The summed E-state index contributed by atoms with van der Waals surface area (Å²) in [5.41, 5.74) is 7.14. The number of hydrogen-bond donors (Lipinski definition) is 1. The number of furan rings is 1. The monoisotopic (exact) mass is 184 g/mol. The van der Waals surface area contributed by atoms with E-state index in [4.69, 9.17) is 10.2 Å². The number of fused-ring (bicyclic) bond motifs is 3. The molecular weight excluding hydrogens is 176 g/mol. The lowest BCUT2D eigenvalue weighted by Gasteiger charge is -1.99. The molecule has 0 atom stereocenters. The van der Waals surface area contributed by atoms with E-state index in [0.717, 1.165) is 21.8 Å². The molecule has 3 rings (SSSR count). The Morgan fingerprint density at radius 2 is 2.07 bits per heavy atom. The molecular formula is C11H8N2O. The second kappa shape index (κ2) is 2.48. The number of pyridine rings is 1. The van der Waals surface area contributed by atoms with Crippen LogP contribution >= 0.6 is 0 Å². The third-order valence-corrected chi connectivity index (χ3v) is 2.33. The summed E-state index contributed by atoms with van der Waals surface area (Å²) in [7, 11) is 0. The highest BCUT2D eigenvalue weighted by molar-refractivity contribution is 6.04. The fourth-order valence-corrected chi connectivity index (χ4v) is 1.65. The van der Waals surface area contributed by atoms with E-state index in [1.54, 1.807) is 12.5 Å². The zero-order valence-electron chi connectivity index (χ0n) is 7.40. The second-order valence-corrected chi connectivity index (χ2v) is 3.24. The minimum Gasteiger partial charge on any atom is -0.446 e. The van der Waals surface area contributed by atoms with Crippen LogP contribution in [0, 0.1) is 0 Å². The lowest BCUT2D eigenvalue weighted by atomic mass is 10.1. The van der Waals surface area contributed by atoms with E-state index >= 15 is 0 Å². The Hall–Kier alpha value is -2.03. The first kappa shape index (κ1) is 7.38. The van der Waals surface area contributed by atoms with Gasteiger partial charge < -0.3 is 10.2 Å². The average molecular weight is 184 g/mol. The average Bonchev–Trinajstić information content (AvgIpc) is 2.65. The summed E-state index contributed by atoms with van der Waals surface area (Å²) in [5, 5.41) is 3.17. The van der Waals surface area contributed by atoms with Crippen LogP contribution < -0.4 is 5.73 Å². The van der Waals surface area contributed by atoms with Crippen molar-refractivity contribution in [2.24, 2.45) is 0 Å². The van der Waals surface area contributed by atoms with Crippen molar-refractivity contribution in [2.45, 2.75) is 0 Å². The molecule has 68 valence electrons. The molecule has 0 saturated heterocycles. The van der Waals surface area contributed by atoms with E-state index in [1.165, 1.54) is 0 Å². The van der Waals surface area contributed by atoms with Gasteiger partial charge in [0.15, 0.2) is 0 Å². The third kappa shape index (κ3) is 0.893. The fraction of sp³-hybridized carbons (Fsp3) is 0. The molecule has 0 aliphatic rings. The van der Waals surface area contributed by atoms with Crippen molar-refractivity contribution in [3.05, 3.63) is 36.7 Å². The molecule has 0 unspecified atom stereocenters. The van der Waals surface area contributed by atoms with Gasteiger partial charge in [-0.3, -0.25) is 0 Å². The van der Waals surface area contributed by atoms with E-state index in [2.05, 4.69) is 4.98 Å². The minimum atomic E-state index is 0.656. The number of nitrogens with zero attached hydrogens (tertiary/aromatic N) is 1. The summed E-state index contributed by atoms with van der Waals surface area (Å²) in [6, 6.07) is 7.68. The van der Waals surface area contributed by atoms with Crippen LogP contribution in [0.15, 0.2) is 41.1 Å². The van der Waals surface area contributed by atoms with Crippen LogP contribution in [0.4, 0.5) is 5.69 Å². The third-order valence-electron chi connectivity index (χ3n) is 2.33. The number of anilines is 1. The molecule has 3 nitrogen and oxygen atoms in total. The maximum Gasteiger partial charge on any atom is 0.226 e. The van der Waals surface area contributed by atoms with Crippen LogP contribution in [0.25, 0.3) is 21.9 Å². The molecule has 1 aromatic carbocycles. The first-order chi connectivity index (χ1) is 6.84. The highest BCUT2D eigenvalue weighted by atomic mass is 16.3. The van der Waals surface area contributed by atoms with Gasteiger partial charge >= 0.3 is 0 Å². The highest BCUT2D eigenvalue weighted by Gasteiger charge is 2.03. The van der Waals surface area contributed by atoms with Crippen molar-refractivity contribution in [1.29, 1.82) is 0 Å². The Kier molecular flexibility index (Phi) is 1.31. The van der Waals surface area contributed by atoms with Crippen LogP contribution in [0.3, 0.4) is 0 Å². The number of hydrogen-bond acceptors (Lipinski definition) is 3. The number of nitrogens with two attached hydrogens (primary N) is 1. The summed E-state index contributed by atoms with van der Waals surface area (Å²) < 4.78 is 5.21. The van der Waals surface area contributed by atoms with Gasteiger partial charge in [-0.2, -0.15) is 0 Å². The van der Waals surface area contributed by atoms with E-state index in [9.17, 15) is 0 Å². The van der Waals surface area contributed by atoms with E-state index < -0.39 is 0 Å². The predicted octanol–water partition coefficient (Wildman–Crippen LogP) is 2.56. The molecule has 14 heavy (non-hydrogen) atoms. The molecule has 0 bridgehead atoms. The molecule has 0 aliphatic carbocycles. The Labute approximate surface area is 80.1 Å². The van der Waals surface area contributed by atoms with Crippen molar-refractivity contribution in [2.75, 3.05) is 5.73 Å². The van der Waals surface area contributed by atoms with Gasteiger partial charge in [0.25, 0.3) is 0 Å². The van der Waals surface area contributed by atoms with Gasteiger partial charge in [0, 0.05) is 22.7 Å². The van der Waals surface area contributed by atoms with Gasteiger partial charge in [0.05, 0.1) is 6.26 Å². The van der Waals surface area contributed by atoms with Crippen molar-refractivity contribution in [3.63, 3.8) is 0 Å². The van der Waals surface area contributed by atoms with Gasteiger partial charge in [0.2, 0.25) is 5.71 Å². The summed E-state index contributed by atoms with van der Waals surface area (Å²) in [6.07, 6.45) is 3.43. The Morgan fingerprint density at radius 3 is 3.00 bits per heavy atom. The molecule has 0 aliphatic heterocycles. The molecule has 2 N–H and O–H groups in total. The SMILES string of the molecule is Nc1ccc2cnc3occc3c2c1. The predicted molar refractivity (Wildman–Crippen MR) is 55.9 cm³/mol. The molecule has 3 aromatic rings. The van der Waals surface area contributed by atoms with Crippen LogP contribution in [-0.4, -0.2) is 4.98 Å². The standard InChI is InChI=1S/C11H8N2O/c12-8-2-1-7-6-13-11-9(3-4-14-11)10(7)5-8/h1-6H,12H2. The molecule has 0 radical (unpaired) electrons. The van der Waals surface area contributed by atoms with Crippen molar-refractivity contribution < 1.29 is 4.42 Å². The van der Waals surface area contributed by atoms with Crippen LogP contribution in [-0.2, 0) is 0 Å². The zero-order valence-corrected chi connectivity index (χ0v) is 7.40. The van der Waals surface area contributed by atoms with Crippen LogP contribution in [0.2, 0.25) is 0 Å². The fourth-order valence-electron chi connectivity index (χ4n) is 1.65. The van der Waals surface area contributed by atoms with Crippen LogP contribution in [0.1, 0.15) is 0 Å². The lowest BCUT2D eigenvalue weighted by molar-refractivity contribution is 0.603. The van der Waals surface area contributed by atoms with Gasteiger partial charge in [0.1, 0.15) is 0 Å². The molecule has 2 aromatic heterocycles. The smallest absolute Gasteiger partial charge is 0.226 e. The summed E-state index contributed by atoms with van der Waals surface area (Å²) >= 11 is 0. The molecule has 3 heteroatoms. The summed E-state index contributed by atoms with van der Waals surface area (Å²) in [5.74, 6) is 0. The van der Waals surface area contributed by atoms with Crippen molar-refractivity contribution in [1.82, 2.24) is 4.98 Å². The van der Waals surface area contributed by atoms with Crippen LogP contribution in [0.5, 0.6) is 0 Å². The first-order valence-corrected chi connectivity index (χ1v) is 4.36. The lowest BCUT2D eigenvalue weighted by Crippen LogP contribution is -1.84. The first-order valence-electron chi connectivity index (χ1n) is 4.36. The van der Waals surface area contributed by atoms with Gasteiger partial charge in [-0.05, 0) is 23.6 Å². The van der Waals surface area contributed by atoms with E-state index in [-0.39, 0.29) is 0 Å². The molecule has 0 spiro atoms. The van der Waals surface area contributed by atoms with E-state index in [1.807, 2.05) is 24.3 Å². The van der Waals surface area contributed by atoms with Crippen molar-refractivity contribution >= 4 is 27.6 Å². The molecule has 2 heterocycles. The van der Waals surface area contributed by atoms with Gasteiger partial charge in [-0.1, -0.05) is 6.07 Å². The largest absolute Gasteiger partial charge is 0.446 e. The Balaban J connectivity index is 2.60. The molecule has 0 fully saturated rings. The summed E-state index contributed by atoms with van der Waals surface area (Å²) in [6.45, 7) is 0. The van der Waals surface area contributed by atoms with Gasteiger partial charge in [-0.15, -0.1) is 0 Å². The topological polar surface area (TPSA) is 52.0 Å².